The van der Waals surface area contributed by atoms with E-state index in [0.717, 1.165) is 12.8 Å². The number of halogens is 1. The van der Waals surface area contributed by atoms with Gasteiger partial charge in [-0.1, -0.05) is 24.9 Å². The highest BCUT2D eigenvalue weighted by molar-refractivity contribution is 7.89. The minimum Gasteiger partial charge on any atom is -0.338 e. The predicted molar refractivity (Wildman–Crippen MR) is 81.9 cm³/mol. The van der Waals surface area contributed by atoms with Gasteiger partial charge in [0.2, 0.25) is 10.0 Å². The molecule has 2 rings (SSSR count). The van der Waals surface area contributed by atoms with Gasteiger partial charge in [-0.3, -0.25) is 4.79 Å². The highest BCUT2D eigenvalue weighted by Gasteiger charge is 2.27. The highest BCUT2D eigenvalue weighted by atomic mass is 35.5. The molecule has 0 spiro atoms. The number of likely N-dealkylation sites (tertiary alicyclic amines) is 1. The first-order valence-corrected chi connectivity index (χ1v) is 8.78. The van der Waals surface area contributed by atoms with Crippen molar-refractivity contribution >= 4 is 27.5 Å². The Morgan fingerprint density at radius 3 is 2.67 bits per heavy atom. The molecule has 2 N–H and O–H groups in total. The standard InChI is InChI=1S/C14H19ClN2O3S/c1-3-10-4-5-17(8-10)14(18)11-6-9(2)13(15)12(7-11)21(16,19)20/h6-7,10H,3-5,8H2,1-2H3,(H2,16,19,20). The van der Waals surface area contributed by atoms with Crippen LogP contribution >= 0.6 is 11.6 Å². The van der Waals surface area contributed by atoms with Gasteiger partial charge in [0, 0.05) is 18.7 Å². The summed E-state index contributed by atoms with van der Waals surface area (Å²) in [6, 6.07) is 2.88. The van der Waals surface area contributed by atoms with Crippen LogP contribution in [0.15, 0.2) is 17.0 Å². The molecule has 1 fully saturated rings. The molecule has 1 aliphatic rings. The maximum atomic E-state index is 12.5. The first-order valence-electron chi connectivity index (χ1n) is 6.86. The van der Waals surface area contributed by atoms with Gasteiger partial charge in [-0.05, 0) is 37.0 Å². The number of benzene rings is 1. The molecular formula is C14H19ClN2O3S. The van der Waals surface area contributed by atoms with Gasteiger partial charge in [0.25, 0.3) is 5.91 Å². The van der Waals surface area contributed by atoms with Gasteiger partial charge >= 0.3 is 0 Å². The van der Waals surface area contributed by atoms with Crippen LogP contribution < -0.4 is 5.14 Å². The van der Waals surface area contributed by atoms with Crippen molar-refractivity contribution in [2.45, 2.75) is 31.6 Å². The van der Waals surface area contributed by atoms with E-state index in [1.165, 1.54) is 6.07 Å². The van der Waals surface area contributed by atoms with Gasteiger partial charge in [-0.2, -0.15) is 0 Å². The summed E-state index contributed by atoms with van der Waals surface area (Å²) in [5.74, 6) is 0.343. The third-order valence-corrected chi connectivity index (χ3v) is 5.47. The first kappa shape index (κ1) is 16.3. The zero-order valence-corrected chi connectivity index (χ0v) is 13.7. The largest absolute Gasteiger partial charge is 0.338 e. The van der Waals surface area contributed by atoms with Gasteiger partial charge < -0.3 is 4.90 Å². The molecule has 0 radical (unpaired) electrons. The Hall–Kier alpha value is -1.11. The topological polar surface area (TPSA) is 80.5 Å². The molecule has 116 valence electrons. The Morgan fingerprint density at radius 2 is 2.14 bits per heavy atom. The fourth-order valence-corrected chi connectivity index (χ4v) is 3.73. The van der Waals surface area contributed by atoms with Crippen LogP contribution in [0.5, 0.6) is 0 Å². The highest BCUT2D eigenvalue weighted by Crippen LogP contribution is 2.28. The zero-order valence-electron chi connectivity index (χ0n) is 12.1. The van der Waals surface area contributed by atoms with E-state index < -0.39 is 10.0 Å². The van der Waals surface area contributed by atoms with E-state index in [0.29, 0.717) is 30.1 Å². The number of amides is 1. The van der Waals surface area contributed by atoms with E-state index in [1.54, 1.807) is 17.9 Å². The van der Waals surface area contributed by atoms with Crippen molar-refractivity contribution in [3.63, 3.8) is 0 Å². The predicted octanol–water partition coefficient (Wildman–Crippen LogP) is 2.17. The number of nitrogens with zero attached hydrogens (tertiary/aromatic N) is 1. The molecule has 0 aromatic heterocycles. The monoisotopic (exact) mass is 330 g/mol. The molecule has 1 amide bonds. The summed E-state index contributed by atoms with van der Waals surface area (Å²) >= 11 is 5.98. The Bertz CT molecular complexity index is 673. The van der Waals surface area contributed by atoms with Crippen molar-refractivity contribution < 1.29 is 13.2 Å². The third kappa shape index (κ3) is 3.39. The number of sulfonamides is 1. The Morgan fingerprint density at radius 1 is 1.48 bits per heavy atom. The average molecular weight is 331 g/mol. The second kappa shape index (κ2) is 5.94. The minimum atomic E-state index is -3.95. The lowest BCUT2D eigenvalue weighted by Crippen LogP contribution is -2.29. The summed E-state index contributed by atoms with van der Waals surface area (Å²) in [7, 11) is -3.95. The molecular weight excluding hydrogens is 312 g/mol. The summed E-state index contributed by atoms with van der Waals surface area (Å²) in [6.45, 7) is 5.17. The summed E-state index contributed by atoms with van der Waals surface area (Å²) in [4.78, 5) is 14.1. The van der Waals surface area contributed by atoms with Crippen molar-refractivity contribution in [1.29, 1.82) is 0 Å². The van der Waals surface area contributed by atoms with Crippen molar-refractivity contribution in [3.8, 4) is 0 Å². The number of hydrogen-bond acceptors (Lipinski definition) is 3. The molecule has 0 bridgehead atoms. The van der Waals surface area contributed by atoms with Crippen LogP contribution in [0, 0.1) is 12.8 Å². The molecule has 5 nitrogen and oxygen atoms in total. The van der Waals surface area contributed by atoms with E-state index >= 15 is 0 Å². The summed E-state index contributed by atoms with van der Waals surface area (Å²) in [5.41, 5.74) is 0.843. The van der Waals surface area contributed by atoms with E-state index in [9.17, 15) is 13.2 Å². The van der Waals surface area contributed by atoms with Gasteiger partial charge in [-0.15, -0.1) is 0 Å². The number of hydrogen-bond donors (Lipinski definition) is 1. The van der Waals surface area contributed by atoms with E-state index in [1.807, 2.05) is 0 Å². The number of carbonyl (C=O) groups is 1. The SMILES string of the molecule is CCC1CCN(C(=O)c2cc(C)c(Cl)c(S(N)(=O)=O)c2)C1. The molecule has 1 aliphatic heterocycles. The summed E-state index contributed by atoms with van der Waals surface area (Å²) in [5, 5.41) is 5.23. The van der Waals surface area contributed by atoms with Crippen LogP contribution in [-0.2, 0) is 10.0 Å². The maximum Gasteiger partial charge on any atom is 0.253 e. The van der Waals surface area contributed by atoms with Crippen molar-refractivity contribution in [3.05, 3.63) is 28.3 Å². The lowest BCUT2D eigenvalue weighted by molar-refractivity contribution is 0.0786. The molecule has 1 saturated heterocycles. The number of rotatable bonds is 3. The zero-order chi connectivity index (χ0) is 15.8. The Labute approximate surface area is 130 Å². The molecule has 1 atom stereocenters. The average Bonchev–Trinajstić information content (AvgIpc) is 2.88. The smallest absolute Gasteiger partial charge is 0.253 e. The number of aryl methyl sites for hydroxylation is 1. The first-order chi connectivity index (χ1) is 9.74. The van der Waals surface area contributed by atoms with Crippen LogP contribution in [0.4, 0.5) is 0 Å². The number of carbonyl (C=O) groups excluding carboxylic acids is 1. The van der Waals surface area contributed by atoms with Crippen molar-refractivity contribution in [1.82, 2.24) is 4.90 Å². The van der Waals surface area contributed by atoms with Crippen LogP contribution in [0.1, 0.15) is 35.7 Å². The van der Waals surface area contributed by atoms with Crippen molar-refractivity contribution in [2.24, 2.45) is 11.1 Å². The van der Waals surface area contributed by atoms with Crippen LogP contribution in [-0.4, -0.2) is 32.3 Å². The van der Waals surface area contributed by atoms with Gasteiger partial charge in [0.15, 0.2) is 0 Å². The quantitative estimate of drug-likeness (QED) is 0.922. The number of primary sulfonamides is 1. The second-order valence-electron chi connectivity index (χ2n) is 5.46. The molecule has 7 heteroatoms. The third-order valence-electron chi connectivity index (χ3n) is 3.93. The van der Waals surface area contributed by atoms with Crippen molar-refractivity contribution in [2.75, 3.05) is 13.1 Å². The lowest BCUT2D eigenvalue weighted by atomic mass is 10.1. The van der Waals surface area contributed by atoms with E-state index in [-0.39, 0.29) is 15.8 Å². The molecule has 1 aromatic rings. The Kier molecular flexibility index (Phi) is 4.60. The van der Waals surface area contributed by atoms with Gasteiger partial charge in [0.1, 0.15) is 4.90 Å². The van der Waals surface area contributed by atoms with Crippen LogP contribution in [0.3, 0.4) is 0 Å². The fraction of sp³-hybridized carbons (Fsp3) is 0.500. The Balaban J connectivity index is 2.37. The molecule has 0 aliphatic carbocycles. The second-order valence-corrected chi connectivity index (χ2v) is 7.37. The molecule has 1 heterocycles. The molecule has 0 saturated carbocycles. The molecule has 1 unspecified atom stereocenters. The van der Waals surface area contributed by atoms with E-state index in [4.69, 9.17) is 16.7 Å². The van der Waals surface area contributed by atoms with Crippen LogP contribution in [0.25, 0.3) is 0 Å². The summed E-state index contributed by atoms with van der Waals surface area (Å²) in [6.07, 6.45) is 2.02. The lowest BCUT2D eigenvalue weighted by Gasteiger charge is -2.17. The molecule has 1 aromatic carbocycles. The minimum absolute atomic E-state index is 0.0712. The van der Waals surface area contributed by atoms with Gasteiger partial charge in [0.05, 0.1) is 5.02 Å². The maximum absolute atomic E-state index is 12.5. The summed E-state index contributed by atoms with van der Waals surface area (Å²) < 4.78 is 23.1. The van der Waals surface area contributed by atoms with Gasteiger partial charge in [-0.25, -0.2) is 13.6 Å². The normalized spacial score (nSPS) is 19.0. The van der Waals surface area contributed by atoms with E-state index in [2.05, 4.69) is 6.92 Å². The number of nitrogens with two attached hydrogens (primary N) is 1. The van der Waals surface area contributed by atoms with Crippen LogP contribution in [0.2, 0.25) is 5.02 Å². The fourth-order valence-electron chi connectivity index (χ4n) is 2.60. The molecule has 21 heavy (non-hydrogen) atoms.